The van der Waals surface area contributed by atoms with Crippen molar-refractivity contribution < 1.29 is 27.9 Å². The maximum Gasteiger partial charge on any atom is 0.443 e. The van der Waals surface area contributed by atoms with Crippen LogP contribution in [0.25, 0.3) is 0 Å². The number of carboxylic acid groups (broad SMARTS) is 1. The molecule has 116 valence electrons. The van der Waals surface area contributed by atoms with E-state index in [0.717, 1.165) is 18.2 Å². The number of rotatable bonds is 4. The Hall–Kier alpha value is -1.64. The van der Waals surface area contributed by atoms with E-state index in [1.165, 1.54) is 0 Å². The van der Waals surface area contributed by atoms with Gasteiger partial charge in [-0.1, -0.05) is 12.8 Å². The van der Waals surface area contributed by atoms with Crippen LogP contribution < -0.4 is 5.32 Å². The van der Waals surface area contributed by atoms with Crippen molar-refractivity contribution in [2.45, 2.75) is 43.8 Å². The van der Waals surface area contributed by atoms with Crippen LogP contribution in [0.5, 0.6) is 0 Å². The van der Waals surface area contributed by atoms with Crippen LogP contribution in [0.1, 0.15) is 47.6 Å². The number of hydrogen-bond acceptors (Lipinski definition) is 4. The van der Waals surface area contributed by atoms with Gasteiger partial charge in [0.15, 0.2) is 5.01 Å². The van der Waals surface area contributed by atoms with Crippen molar-refractivity contribution in [3.8, 4) is 0 Å². The summed E-state index contributed by atoms with van der Waals surface area (Å²) in [5.41, 5.74) is -1.21. The maximum absolute atomic E-state index is 12.5. The summed E-state index contributed by atoms with van der Waals surface area (Å²) in [5, 5.41) is 11.4. The number of aliphatic carboxylic acids is 1. The summed E-state index contributed by atoms with van der Waals surface area (Å²) in [5.74, 6) is -1.81. The molecule has 0 atom stereocenters. The fourth-order valence-electron chi connectivity index (χ4n) is 2.50. The molecule has 1 heterocycles. The van der Waals surface area contributed by atoms with E-state index in [2.05, 4.69) is 10.3 Å². The molecule has 9 heteroatoms. The van der Waals surface area contributed by atoms with E-state index in [0.29, 0.717) is 24.2 Å². The summed E-state index contributed by atoms with van der Waals surface area (Å²) in [6, 6.07) is 0. The Morgan fingerprint density at radius 1 is 1.38 bits per heavy atom. The van der Waals surface area contributed by atoms with Crippen LogP contribution in [0.4, 0.5) is 13.2 Å². The first-order chi connectivity index (χ1) is 9.72. The van der Waals surface area contributed by atoms with Gasteiger partial charge in [-0.25, -0.2) is 4.98 Å². The minimum absolute atomic E-state index is 0.241. The number of nitrogens with one attached hydrogen (secondary N) is 1. The number of carbonyl (C=O) groups is 2. The molecule has 5 nitrogen and oxygen atoms in total. The number of carbonyl (C=O) groups excluding carboxylic acids is 1. The largest absolute Gasteiger partial charge is 0.481 e. The Morgan fingerprint density at radius 3 is 2.48 bits per heavy atom. The molecule has 0 spiro atoms. The van der Waals surface area contributed by atoms with E-state index in [-0.39, 0.29) is 12.1 Å². The summed E-state index contributed by atoms with van der Waals surface area (Å²) in [6.07, 6.45) is -2.27. The lowest BCUT2D eigenvalue weighted by Crippen LogP contribution is -2.47. The standard InChI is InChI=1S/C12H13F3N2O3S/c13-12(14,15)10-16-7(6-21-10)9(20)17-11(5-8(18)19)3-1-2-4-11/h6H,1-5H2,(H,17,20)(H,18,19). The van der Waals surface area contributed by atoms with E-state index in [4.69, 9.17) is 5.11 Å². The molecule has 0 aliphatic heterocycles. The lowest BCUT2D eigenvalue weighted by atomic mass is 9.93. The van der Waals surface area contributed by atoms with E-state index in [1.54, 1.807) is 0 Å². The molecule has 1 amide bonds. The Morgan fingerprint density at radius 2 is 2.00 bits per heavy atom. The van der Waals surface area contributed by atoms with Crippen LogP contribution >= 0.6 is 11.3 Å². The summed E-state index contributed by atoms with van der Waals surface area (Å²) in [7, 11) is 0. The predicted molar refractivity (Wildman–Crippen MR) is 68.0 cm³/mol. The van der Waals surface area contributed by atoms with Crippen molar-refractivity contribution in [3.63, 3.8) is 0 Å². The quantitative estimate of drug-likeness (QED) is 0.893. The number of hydrogen-bond donors (Lipinski definition) is 2. The first-order valence-corrected chi connectivity index (χ1v) is 7.17. The van der Waals surface area contributed by atoms with E-state index < -0.39 is 28.6 Å². The van der Waals surface area contributed by atoms with Gasteiger partial charge < -0.3 is 10.4 Å². The van der Waals surface area contributed by atoms with Crippen LogP contribution in [-0.2, 0) is 11.0 Å². The molecular weight excluding hydrogens is 309 g/mol. The van der Waals surface area contributed by atoms with Gasteiger partial charge in [0, 0.05) is 5.38 Å². The average Bonchev–Trinajstić information content (AvgIpc) is 2.95. The van der Waals surface area contributed by atoms with Crippen LogP contribution in [-0.4, -0.2) is 27.5 Å². The number of halogens is 3. The molecule has 21 heavy (non-hydrogen) atoms. The predicted octanol–water partition coefficient (Wildman–Crippen LogP) is 2.68. The molecule has 1 aromatic heterocycles. The van der Waals surface area contributed by atoms with Crippen LogP contribution in [0.2, 0.25) is 0 Å². The summed E-state index contributed by atoms with van der Waals surface area (Å²) in [6.45, 7) is 0. The molecule has 1 fully saturated rings. The highest BCUT2D eigenvalue weighted by Crippen LogP contribution is 2.34. The normalized spacial score (nSPS) is 17.7. The molecule has 0 aromatic carbocycles. The SMILES string of the molecule is O=C(O)CC1(NC(=O)c2csc(C(F)(F)F)n2)CCCC1. The van der Waals surface area contributed by atoms with Crippen molar-refractivity contribution in [2.24, 2.45) is 0 Å². The third-order valence-corrected chi connectivity index (χ3v) is 4.30. The Balaban J connectivity index is 2.12. The van der Waals surface area contributed by atoms with Gasteiger partial charge in [0.1, 0.15) is 5.69 Å². The second-order valence-electron chi connectivity index (χ2n) is 5.05. The van der Waals surface area contributed by atoms with Crippen molar-refractivity contribution in [2.75, 3.05) is 0 Å². The van der Waals surface area contributed by atoms with Crippen LogP contribution in [0, 0.1) is 0 Å². The Kier molecular flexibility index (Phi) is 4.22. The highest BCUT2D eigenvalue weighted by Gasteiger charge is 2.39. The Bertz CT molecular complexity index is 550. The second kappa shape index (κ2) is 5.63. The lowest BCUT2D eigenvalue weighted by Gasteiger charge is -2.28. The third-order valence-electron chi connectivity index (χ3n) is 3.41. The molecule has 0 bridgehead atoms. The molecule has 2 rings (SSSR count). The van der Waals surface area contributed by atoms with E-state index in [1.807, 2.05) is 0 Å². The molecule has 1 saturated carbocycles. The second-order valence-corrected chi connectivity index (χ2v) is 5.91. The van der Waals surface area contributed by atoms with Gasteiger partial charge >= 0.3 is 12.1 Å². The molecule has 2 N–H and O–H groups in total. The molecular formula is C12H13F3N2O3S. The van der Waals surface area contributed by atoms with Crippen molar-refractivity contribution >= 4 is 23.2 Å². The zero-order valence-corrected chi connectivity index (χ0v) is 11.7. The van der Waals surface area contributed by atoms with Gasteiger partial charge in [-0.3, -0.25) is 9.59 Å². The number of alkyl halides is 3. The number of aromatic nitrogens is 1. The number of thiazole rings is 1. The van der Waals surface area contributed by atoms with E-state index >= 15 is 0 Å². The number of amides is 1. The van der Waals surface area contributed by atoms with E-state index in [9.17, 15) is 22.8 Å². The summed E-state index contributed by atoms with van der Waals surface area (Å²) in [4.78, 5) is 26.2. The molecule has 1 aliphatic carbocycles. The zero-order chi connectivity index (χ0) is 15.7. The topological polar surface area (TPSA) is 79.3 Å². The van der Waals surface area contributed by atoms with Gasteiger partial charge in [-0.15, -0.1) is 11.3 Å². The fourth-order valence-corrected chi connectivity index (χ4v) is 3.17. The van der Waals surface area contributed by atoms with Gasteiger partial charge in [-0.05, 0) is 12.8 Å². The van der Waals surface area contributed by atoms with Crippen LogP contribution in [0.15, 0.2) is 5.38 Å². The van der Waals surface area contributed by atoms with Gasteiger partial charge in [-0.2, -0.15) is 13.2 Å². The van der Waals surface area contributed by atoms with Gasteiger partial charge in [0.25, 0.3) is 5.91 Å². The zero-order valence-electron chi connectivity index (χ0n) is 10.9. The first kappa shape index (κ1) is 15.7. The highest BCUT2D eigenvalue weighted by molar-refractivity contribution is 7.09. The van der Waals surface area contributed by atoms with Crippen molar-refractivity contribution in [3.05, 3.63) is 16.1 Å². The third kappa shape index (κ3) is 3.72. The first-order valence-electron chi connectivity index (χ1n) is 6.29. The average molecular weight is 322 g/mol. The molecule has 1 aromatic rings. The highest BCUT2D eigenvalue weighted by atomic mass is 32.1. The van der Waals surface area contributed by atoms with Crippen molar-refractivity contribution in [1.82, 2.24) is 10.3 Å². The minimum Gasteiger partial charge on any atom is -0.481 e. The molecule has 0 saturated heterocycles. The smallest absolute Gasteiger partial charge is 0.443 e. The van der Waals surface area contributed by atoms with Crippen LogP contribution in [0.3, 0.4) is 0 Å². The minimum atomic E-state index is -4.59. The Labute approximate surface area is 122 Å². The molecule has 1 aliphatic rings. The van der Waals surface area contributed by atoms with Gasteiger partial charge in [0.2, 0.25) is 0 Å². The van der Waals surface area contributed by atoms with Crippen molar-refractivity contribution in [1.29, 1.82) is 0 Å². The summed E-state index contributed by atoms with van der Waals surface area (Å²) >= 11 is 0.342. The monoisotopic (exact) mass is 322 g/mol. The molecule has 0 unspecified atom stereocenters. The van der Waals surface area contributed by atoms with Gasteiger partial charge in [0.05, 0.1) is 12.0 Å². The maximum atomic E-state index is 12.5. The summed E-state index contributed by atoms with van der Waals surface area (Å²) < 4.78 is 37.4. The number of carboxylic acids is 1. The molecule has 0 radical (unpaired) electrons. The fraction of sp³-hybridized carbons (Fsp3) is 0.583. The number of nitrogens with zero attached hydrogens (tertiary/aromatic N) is 1. The lowest BCUT2D eigenvalue weighted by molar-refractivity contribution is -0.139.